The molecule has 0 spiro atoms. The second-order valence-corrected chi connectivity index (χ2v) is 8.45. The molecule has 4 rings (SSSR count). The van der Waals surface area contributed by atoms with Crippen molar-refractivity contribution in [3.63, 3.8) is 0 Å². The molecule has 0 saturated heterocycles. The van der Waals surface area contributed by atoms with Crippen molar-refractivity contribution in [1.82, 2.24) is 5.32 Å². The first kappa shape index (κ1) is 18.4. The predicted octanol–water partition coefficient (Wildman–Crippen LogP) is 5.47. The average molecular weight is 384 g/mol. The minimum absolute atomic E-state index is 0.0445. The van der Waals surface area contributed by atoms with Gasteiger partial charge in [-0.2, -0.15) is 0 Å². The Labute approximate surface area is 166 Å². The fraction of sp³-hybridized carbons (Fsp3) is 0.435. The first-order chi connectivity index (χ1) is 13.1. The lowest BCUT2D eigenvalue weighted by molar-refractivity contribution is 0.0910. The SMILES string of the molecule is CC(NC(=O)c1ccccc1OCc1ccc(Cl)cc1)C1CC2CCC1C2. The number of halogens is 1. The number of fused-ring (bicyclic) bond motifs is 2. The number of ether oxygens (including phenoxy) is 1. The molecular formula is C23H26ClNO2. The van der Waals surface area contributed by atoms with Crippen molar-refractivity contribution in [1.29, 1.82) is 0 Å². The highest BCUT2D eigenvalue weighted by Gasteiger charge is 2.42. The molecule has 4 atom stereocenters. The standard InChI is InChI=1S/C23H26ClNO2/c1-15(21-13-17-6-9-18(21)12-17)25-23(26)20-4-2-3-5-22(20)27-14-16-7-10-19(24)11-8-16/h2-5,7-8,10-11,15,17-18,21H,6,9,12-14H2,1H3,(H,25,26). The van der Waals surface area contributed by atoms with E-state index in [-0.39, 0.29) is 11.9 Å². The molecule has 2 aliphatic rings. The van der Waals surface area contributed by atoms with Crippen LogP contribution in [-0.4, -0.2) is 11.9 Å². The smallest absolute Gasteiger partial charge is 0.255 e. The van der Waals surface area contributed by atoms with Gasteiger partial charge in [0.15, 0.2) is 0 Å². The molecule has 4 heteroatoms. The summed E-state index contributed by atoms with van der Waals surface area (Å²) in [5, 5.41) is 3.93. The molecule has 2 aromatic carbocycles. The van der Waals surface area contributed by atoms with E-state index in [1.807, 2.05) is 48.5 Å². The van der Waals surface area contributed by atoms with Gasteiger partial charge in [-0.3, -0.25) is 4.79 Å². The first-order valence-electron chi connectivity index (χ1n) is 9.87. The Morgan fingerprint density at radius 1 is 1.15 bits per heavy atom. The zero-order valence-corrected chi connectivity index (χ0v) is 16.4. The Balaban J connectivity index is 1.40. The molecule has 0 aromatic heterocycles. The Hall–Kier alpha value is -2.00. The fourth-order valence-electron chi connectivity index (χ4n) is 4.82. The highest BCUT2D eigenvalue weighted by molar-refractivity contribution is 6.30. The Bertz CT molecular complexity index is 804. The molecule has 2 aromatic rings. The van der Waals surface area contributed by atoms with Crippen LogP contribution in [0.5, 0.6) is 5.75 Å². The van der Waals surface area contributed by atoms with Crippen molar-refractivity contribution in [2.45, 2.75) is 45.3 Å². The highest BCUT2D eigenvalue weighted by Crippen LogP contribution is 2.49. The maximum Gasteiger partial charge on any atom is 0.255 e. The van der Waals surface area contributed by atoms with Gasteiger partial charge in [-0.1, -0.05) is 42.3 Å². The van der Waals surface area contributed by atoms with E-state index in [0.717, 1.165) is 17.4 Å². The lowest BCUT2D eigenvalue weighted by Gasteiger charge is -2.28. The second-order valence-electron chi connectivity index (χ2n) is 8.01. The number of nitrogens with one attached hydrogen (secondary N) is 1. The van der Waals surface area contributed by atoms with Gasteiger partial charge in [-0.25, -0.2) is 0 Å². The molecule has 27 heavy (non-hydrogen) atoms. The molecule has 3 nitrogen and oxygen atoms in total. The molecular weight excluding hydrogens is 358 g/mol. The van der Waals surface area contributed by atoms with E-state index in [9.17, 15) is 4.79 Å². The summed E-state index contributed by atoms with van der Waals surface area (Å²) in [5.74, 6) is 2.87. The van der Waals surface area contributed by atoms with Crippen LogP contribution in [0.2, 0.25) is 5.02 Å². The Morgan fingerprint density at radius 3 is 2.63 bits per heavy atom. The number of carbonyl (C=O) groups excluding carboxylic acids is 1. The van der Waals surface area contributed by atoms with E-state index in [2.05, 4.69) is 12.2 Å². The molecule has 4 unspecified atom stereocenters. The van der Waals surface area contributed by atoms with Crippen LogP contribution in [0, 0.1) is 17.8 Å². The first-order valence-corrected chi connectivity index (χ1v) is 10.2. The summed E-state index contributed by atoms with van der Waals surface area (Å²) in [4.78, 5) is 12.9. The van der Waals surface area contributed by atoms with Gasteiger partial charge in [0.1, 0.15) is 12.4 Å². The zero-order chi connectivity index (χ0) is 18.8. The number of para-hydroxylation sites is 1. The normalized spacial score (nSPS) is 24.6. The quantitative estimate of drug-likeness (QED) is 0.717. The van der Waals surface area contributed by atoms with Crippen LogP contribution in [0.25, 0.3) is 0 Å². The van der Waals surface area contributed by atoms with E-state index in [1.54, 1.807) is 0 Å². The van der Waals surface area contributed by atoms with Gasteiger partial charge in [0.2, 0.25) is 0 Å². The summed E-state index contributed by atoms with van der Waals surface area (Å²) in [5.41, 5.74) is 1.62. The average Bonchev–Trinajstić information content (AvgIpc) is 3.31. The molecule has 2 saturated carbocycles. The predicted molar refractivity (Wildman–Crippen MR) is 108 cm³/mol. The van der Waals surface area contributed by atoms with Crippen LogP contribution in [0.4, 0.5) is 0 Å². The largest absolute Gasteiger partial charge is 0.488 e. The van der Waals surface area contributed by atoms with Crippen molar-refractivity contribution in [3.05, 3.63) is 64.7 Å². The maximum atomic E-state index is 12.9. The summed E-state index contributed by atoms with van der Waals surface area (Å²) in [6.45, 7) is 2.56. The van der Waals surface area contributed by atoms with E-state index >= 15 is 0 Å². The molecule has 0 radical (unpaired) electrons. The van der Waals surface area contributed by atoms with E-state index < -0.39 is 0 Å². The monoisotopic (exact) mass is 383 g/mol. The van der Waals surface area contributed by atoms with E-state index in [0.29, 0.717) is 28.9 Å². The van der Waals surface area contributed by atoms with Gasteiger partial charge in [-0.15, -0.1) is 0 Å². The highest BCUT2D eigenvalue weighted by atomic mass is 35.5. The summed E-state index contributed by atoms with van der Waals surface area (Å²) in [6, 6.07) is 15.2. The minimum atomic E-state index is -0.0445. The van der Waals surface area contributed by atoms with Crippen LogP contribution in [0.1, 0.15) is 48.5 Å². The van der Waals surface area contributed by atoms with E-state index in [4.69, 9.17) is 16.3 Å². The second kappa shape index (κ2) is 7.93. The van der Waals surface area contributed by atoms with Crippen molar-refractivity contribution in [3.8, 4) is 5.75 Å². The molecule has 142 valence electrons. The van der Waals surface area contributed by atoms with Crippen LogP contribution in [0.3, 0.4) is 0 Å². The summed E-state index contributed by atoms with van der Waals surface area (Å²) in [7, 11) is 0. The molecule has 2 aliphatic carbocycles. The third kappa shape index (κ3) is 4.14. The molecule has 2 bridgehead atoms. The van der Waals surface area contributed by atoms with Gasteiger partial charge in [-0.05, 0) is 73.8 Å². The number of carbonyl (C=O) groups is 1. The van der Waals surface area contributed by atoms with Gasteiger partial charge in [0.05, 0.1) is 5.56 Å². The van der Waals surface area contributed by atoms with Gasteiger partial charge < -0.3 is 10.1 Å². The molecule has 1 N–H and O–H groups in total. The van der Waals surface area contributed by atoms with Gasteiger partial charge >= 0.3 is 0 Å². The van der Waals surface area contributed by atoms with Crippen molar-refractivity contribution >= 4 is 17.5 Å². The van der Waals surface area contributed by atoms with Crippen molar-refractivity contribution in [2.75, 3.05) is 0 Å². The van der Waals surface area contributed by atoms with Crippen molar-refractivity contribution < 1.29 is 9.53 Å². The molecule has 2 fully saturated rings. The Morgan fingerprint density at radius 2 is 1.93 bits per heavy atom. The van der Waals surface area contributed by atoms with Crippen LogP contribution in [0.15, 0.2) is 48.5 Å². The fourth-order valence-corrected chi connectivity index (χ4v) is 4.95. The lowest BCUT2D eigenvalue weighted by atomic mass is 9.84. The van der Waals surface area contributed by atoms with Crippen LogP contribution >= 0.6 is 11.6 Å². The van der Waals surface area contributed by atoms with Crippen LogP contribution in [-0.2, 0) is 6.61 Å². The van der Waals surface area contributed by atoms with Gasteiger partial charge in [0.25, 0.3) is 5.91 Å². The van der Waals surface area contributed by atoms with Gasteiger partial charge in [0, 0.05) is 11.1 Å². The van der Waals surface area contributed by atoms with Crippen LogP contribution < -0.4 is 10.1 Å². The number of amides is 1. The summed E-state index contributed by atoms with van der Waals surface area (Å²) >= 11 is 5.93. The third-order valence-electron chi connectivity index (χ3n) is 6.23. The maximum absolute atomic E-state index is 12.9. The molecule has 1 amide bonds. The van der Waals surface area contributed by atoms with E-state index in [1.165, 1.54) is 25.7 Å². The zero-order valence-electron chi connectivity index (χ0n) is 15.7. The summed E-state index contributed by atoms with van der Waals surface area (Å²) in [6.07, 6.45) is 5.33. The third-order valence-corrected chi connectivity index (χ3v) is 6.49. The molecule has 0 aliphatic heterocycles. The number of benzene rings is 2. The molecule has 0 heterocycles. The number of rotatable bonds is 6. The Kier molecular flexibility index (Phi) is 5.40. The lowest BCUT2D eigenvalue weighted by Crippen LogP contribution is -2.40. The topological polar surface area (TPSA) is 38.3 Å². The number of hydrogen-bond donors (Lipinski definition) is 1. The van der Waals surface area contributed by atoms with Crippen molar-refractivity contribution in [2.24, 2.45) is 17.8 Å². The minimum Gasteiger partial charge on any atom is -0.488 e. The summed E-state index contributed by atoms with van der Waals surface area (Å²) < 4.78 is 5.94. The number of hydrogen-bond acceptors (Lipinski definition) is 2.